The second-order valence-corrected chi connectivity index (χ2v) is 5.26. The van der Waals surface area contributed by atoms with E-state index in [-0.39, 0.29) is 12.5 Å². The molecule has 0 saturated heterocycles. The molecule has 0 spiro atoms. The number of benzene rings is 1. The van der Waals surface area contributed by atoms with Gasteiger partial charge in [0.1, 0.15) is 29.5 Å². The van der Waals surface area contributed by atoms with Gasteiger partial charge in [-0.15, -0.1) is 0 Å². The Balaban J connectivity index is 1.63. The minimum atomic E-state index is -0.288. The molecule has 122 valence electrons. The summed E-state index contributed by atoms with van der Waals surface area (Å²) < 4.78 is 7.28. The first-order valence-corrected chi connectivity index (χ1v) is 7.43. The number of rotatable bonds is 5. The Kier molecular flexibility index (Phi) is 4.51. The third-order valence-corrected chi connectivity index (χ3v) is 3.35. The van der Waals surface area contributed by atoms with Crippen LogP contribution < -0.4 is 10.1 Å². The van der Waals surface area contributed by atoms with E-state index in [1.165, 1.54) is 6.33 Å². The average Bonchev–Trinajstić information content (AvgIpc) is 2.99. The SMILES string of the molecule is Cc1cccc(OCC(=O)Nc2cc(-n3ccnc3C)ncn2)c1. The van der Waals surface area contributed by atoms with Crippen LogP contribution in [0.2, 0.25) is 0 Å². The molecule has 1 aromatic carbocycles. The molecule has 2 heterocycles. The van der Waals surface area contributed by atoms with Crippen molar-refractivity contribution in [2.24, 2.45) is 0 Å². The van der Waals surface area contributed by atoms with Gasteiger partial charge in [0, 0.05) is 18.5 Å². The van der Waals surface area contributed by atoms with Crippen molar-refractivity contribution in [1.82, 2.24) is 19.5 Å². The quantitative estimate of drug-likeness (QED) is 0.779. The van der Waals surface area contributed by atoms with E-state index < -0.39 is 0 Å². The van der Waals surface area contributed by atoms with Crippen molar-refractivity contribution >= 4 is 11.7 Å². The molecule has 0 aliphatic heterocycles. The number of carbonyl (C=O) groups is 1. The van der Waals surface area contributed by atoms with Gasteiger partial charge in [-0.2, -0.15) is 0 Å². The van der Waals surface area contributed by atoms with Gasteiger partial charge in [0.25, 0.3) is 5.91 Å². The molecule has 0 saturated carbocycles. The summed E-state index contributed by atoms with van der Waals surface area (Å²) >= 11 is 0. The number of carbonyl (C=O) groups excluding carboxylic acids is 1. The second kappa shape index (κ2) is 6.91. The lowest BCUT2D eigenvalue weighted by Gasteiger charge is -2.09. The van der Waals surface area contributed by atoms with Gasteiger partial charge in [0.15, 0.2) is 6.61 Å². The van der Waals surface area contributed by atoms with E-state index in [0.29, 0.717) is 17.4 Å². The largest absolute Gasteiger partial charge is 0.484 e. The molecule has 0 radical (unpaired) electrons. The number of aromatic nitrogens is 4. The summed E-state index contributed by atoms with van der Waals surface area (Å²) in [6.45, 7) is 3.75. The lowest BCUT2D eigenvalue weighted by Crippen LogP contribution is -2.21. The Labute approximate surface area is 139 Å². The molecule has 7 heteroatoms. The van der Waals surface area contributed by atoms with Crippen molar-refractivity contribution in [3.8, 4) is 11.6 Å². The summed E-state index contributed by atoms with van der Waals surface area (Å²) in [6.07, 6.45) is 4.88. The van der Waals surface area contributed by atoms with E-state index in [9.17, 15) is 4.79 Å². The van der Waals surface area contributed by atoms with Crippen molar-refractivity contribution in [3.05, 3.63) is 60.4 Å². The molecule has 24 heavy (non-hydrogen) atoms. The number of hydrogen-bond donors (Lipinski definition) is 1. The molecule has 2 aromatic heterocycles. The molecule has 0 bridgehead atoms. The molecule has 0 atom stereocenters. The van der Waals surface area contributed by atoms with Crippen LogP contribution in [0.15, 0.2) is 49.1 Å². The van der Waals surface area contributed by atoms with Crippen molar-refractivity contribution in [3.63, 3.8) is 0 Å². The number of aryl methyl sites for hydroxylation is 2. The predicted octanol–water partition coefficient (Wildman–Crippen LogP) is 2.30. The standard InChI is InChI=1S/C17H17N5O2/c1-12-4-3-5-14(8-12)24-10-17(23)21-15-9-16(20-11-19-15)22-7-6-18-13(22)2/h3-9,11H,10H2,1-2H3,(H,19,20,21,23). The first-order valence-electron chi connectivity index (χ1n) is 7.43. The van der Waals surface area contributed by atoms with E-state index in [4.69, 9.17) is 4.74 Å². The van der Waals surface area contributed by atoms with Crippen LogP contribution in [0.5, 0.6) is 5.75 Å². The molecule has 7 nitrogen and oxygen atoms in total. The maximum absolute atomic E-state index is 12.0. The first-order chi connectivity index (χ1) is 11.6. The lowest BCUT2D eigenvalue weighted by atomic mass is 10.2. The van der Waals surface area contributed by atoms with E-state index in [2.05, 4.69) is 20.3 Å². The normalized spacial score (nSPS) is 10.4. The smallest absolute Gasteiger partial charge is 0.263 e. The first kappa shape index (κ1) is 15.7. The molecule has 0 aliphatic rings. The Hall–Kier alpha value is -3.22. The van der Waals surface area contributed by atoms with Crippen molar-refractivity contribution in [2.75, 3.05) is 11.9 Å². The maximum atomic E-state index is 12.0. The van der Waals surface area contributed by atoms with Crippen molar-refractivity contribution in [2.45, 2.75) is 13.8 Å². The van der Waals surface area contributed by atoms with Gasteiger partial charge in [-0.25, -0.2) is 15.0 Å². The van der Waals surface area contributed by atoms with Crippen LogP contribution in [0, 0.1) is 13.8 Å². The third kappa shape index (κ3) is 3.75. The highest BCUT2D eigenvalue weighted by atomic mass is 16.5. The van der Waals surface area contributed by atoms with Gasteiger partial charge in [-0.05, 0) is 31.5 Å². The van der Waals surface area contributed by atoms with Gasteiger partial charge >= 0.3 is 0 Å². The molecule has 0 fully saturated rings. The number of hydrogen-bond acceptors (Lipinski definition) is 5. The fourth-order valence-electron chi connectivity index (χ4n) is 2.20. The highest BCUT2D eigenvalue weighted by Gasteiger charge is 2.08. The summed E-state index contributed by atoms with van der Waals surface area (Å²) in [5.74, 6) is 2.21. The molecule has 0 aliphatic carbocycles. The second-order valence-electron chi connectivity index (χ2n) is 5.26. The molecular weight excluding hydrogens is 306 g/mol. The van der Waals surface area contributed by atoms with Gasteiger partial charge < -0.3 is 10.1 Å². The van der Waals surface area contributed by atoms with Crippen LogP contribution in [0.3, 0.4) is 0 Å². The molecule has 0 unspecified atom stereocenters. The zero-order valence-corrected chi connectivity index (χ0v) is 13.4. The minimum absolute atomic E-state index is 0.0904. The lowest BCUT2D eigenvalue weighted by molar-refractivity contribution is -0.118. The van der Waals surface area contributed by atoms with Crippen LogP contribution in [-0.2, 0) is 4.79 Å². The number of anilines is 1. The van der Waals surface area contributed by atoms with Crippen LogP contribution in [0.4, 0.5) is 5.82 Å². The van der Waals surface area contributed by atoms with Gasteiger partial charge in [0.05, 0.1) is 0 Å². The highest BCUT2D eigenvalue weighted by molar-refractivity contribution is 5.91. The van der Waals surface area contributed by atoms with E-state index in [1.807, 2.05) is 38.1 Å². The molecule has 3 rings (SSSR count). The summed E-state index contributed by atoms with van der Waals surface area (Å²) in [7, 11) is 0. The minimum Gasteiger partial charge on any atom is -0.484 e. The molecule has 1 amide bonds. The van der Waals surface area contributed by atoms with Crippen LogP contribution >= 0.6 is 0 Å². The Bertz CT molecular complexity index is 859. The monoisotopic (exact) mass is 323 g/mol. The maximum Gasteiger partial charge on any atom is 0.263 e. The Morgan fingerprint density at radius 3 is 2.83 bits per heavy atom. The van der Waals surface area contributed by atoms with Crippen molar-refractivity contribution < 1.29 is 9.53 Å². The number of ether oxygens (including phenoxy) is 1. The number of imidazole rings is 1. The summed E-state index contributed by atoms with van der Waals surface area (Å²) in [4.78, 5) is 24.4. The zero-order chi connectivity index (χ0) is 16.9. The number of nitrogens with zero attached hydrogens (tertiary/aromatic N) is 4. The van der Waals surface area contributed by atoms with Crippen molar-refractivity contribution in [1.29, 1.82) is 0 Å². The Morgan fingerprint density at radius 2 is 2.08 bits per heavy atom. The molecular formula is C17H17N5O2. The van der Waals surface area contributed by atoms with Crippen LogP contribution in [0.25, 0.3) is 5.82 Å². The van der Waals surface area contributed by atoms with Gasteiger partial charge in [-0.1, -0.05) is 12.1 Å². The summed E-state index contributed by atoms with van der Waals surface area (Å²) in [6, 6.07) is 9.21. The van der Waals surface area contributed by atoms with Gasteiger partial charge in [0.2, 0.25) is 0 Å². The Morgan fingerprint density at radius 1 is 1.21 bits per heavy atom. The zero-order valence-electron chi connectivity index (χ0n) is 13.4. The fraction of sp³-hybridized carbons (Fsp3) is 0.176. The summed E-state index contributed by atoms with van der Waals surface area (Å²) in [5, 5.41) is 2.70. The number of nitrogens with one attached hydrogen (secondary N) is 1. The van der Waals surface area contributed by atoms with Crippen LogP contribution in [-0.4, -0.2) is 32.0 Å². The topological polar surface area (TPSA) is 81.9 Å². The predicted molar refractivity (Wildman–Crippen MR) is 89.2 cm³/mol. The fourth-order valence-corrected chi connectivity index (χ4v) is 2.20. The number of amides is 1. The molecule has 3 aromatic rings. The van der Waals surface area contributed by atoms with Crippen LogP contribution in [0.1, 0.15) is 11.4 Å². The van der Waals surface area contributed by atoms with E-state index in [1.54, 1.807) is 23.0 Å². The molecule has 1 N–H and O–H groups in total. The highest BCUT2D eigenvalue weighted by Crippen LogP contribution is 2.13. The van der Waals surface area contributed by atoms with E-state index in [0.717, 1.165) is 11.4 Å². The average molecular weight is 323 g/mol. The third-order valence-electron chi connectivity index (χ3n) is 3.35. The van der Waals surface area contributed by atoms with E-state index >= 15 is 0 Å². The summed E-state index contributed by atoms with van der Waals surface area (Å²) in [5.41, 5.74) is 1.07. The van der Waals surface area contributed by atoms with Gasteiger partial charge in [-0.3, -0.25) is 9.36 Å².